The number of carbonyl (C=O) groups is 1. The Morgan fingerprint density at radius 3 is 2.90 bits per heavy atom. The summed E-state index contributed by atoms with van der Waals surface area (Å²) in [6, 6.07) is 11.6. The zero-order valence-electron chi connectivity index (χ0n) is 11.3. The summed E-state index contributed by atoms with van der Waals surface area (Å²) in [5.74, 6) is -0.205. The minimum Gasteiger partial charge on any atom is -0.352 e. The van der Waals surface area contributed by atoms with Gasteiger partial charge in [-0.2, -0.15) is 5.26 Å². The van der Waals surface area contributed by atoms with Crippen LogP contribution in [0.5, 0.6) is 0 Å². The number of benzene rings is 1. The van der Waals surface area contributed by atoms with Crippen molar-refractivity contribution in [2.75, 3.05) is 6.54 Å². The fourth-order valence-electron chi connectivity index (χ4n) is 1.93. The summed E-state index contributed by atoms with van der Waals surface area (Å²) >= 11 is 0. The molecule has 1 heterocycles. The minimum absolute atomic E-state index is 0.205. The predicted octanol–water partition coefficient (Wildman–Crippen LogP) is 2.23. The highest BCUT2D eigenvalue weighted by Gasteiger charge is 2.06. The molecule has 0 aliphatic carbocycles. The van der Waals surface area contributed by atoms with Crippen LogP contribution in [0.1, 0.15) is 27.0 Å². The maximum absolute atomic E-state index is 11.9. The highest BCUT2D eigenvalue weighted by molar-refractivity contribution is 5.94. The fraction of sp³-hybridized carbons (Fsp3) is 0.188. The second kappa shape index (κ2) is 6.48. The summed E-state index contributed by atoms with van der Waals surface area (Å²) in [6.07, 6.45) is 3.68. The van der Waals surface area contributed by atoms with Gasteiger partial charge in [0.15, 0.2) is 0 Å². The van der Waals surface area contributed by atoms with Crippen LogP contribution in [0, 0.1) is 18.3 Å². The van der Waals surface area contributed by atoms with E-state index in [9.17, 15) is 4.79 Å². The Labute approximate surface area is 118 Å². The Bertz CT molecular complexity index is 659. The molecule has 0 spiro atoms. The van der Waals surface area contributed by atoms with Crippen molar-refractivity contribution in [3.8, 4) is 6.07 Å². The standard InChI is InChI=1S/C16H15N3O/c1-12-4-2-3-5-14(12)6-7-19-16(20)15-8-13(9-17)10-18-11-15/h2-5,8,10-11H,6-7H2,1H3,(H,19,20). The van der Waals surface area contributed by atoms with Gasteiger partial charge >= 0.3 is 0 Å². The summed E-state index contributed by atoms with van der Waals surface area (Å²) in [4.78, 5) is 15.8. The average molecular weight is 265 g/mol. The fourth-order valence-corrected chi connectivity index (χ4v) is 1.93. The number of carbonyl (C=O) groups excluding carboxylic acids is 1. The number of rotatable bonds is 4. The maximum atomic E-state index is 11.9. The van der Waals surface area contributed by atoms with Gasteiger partial charge in [-0.15, -0.1) is 0 Å². The lowest BCUT2D eigenvalue weighted by atomic mass is 10.1. The zero-order valence-corrected chi connectivity index (χ0v) is 11.3. The van der Waals surface area contributed by atoms with Crippen molar-refractivity contribution in [2.24, 2.45) is 0 Å². The van der Waals surface area contributed by atoms with E-state index in [-0.39, 0.29) is 5.91 Å². The quantitative estimate of drug-likeness (QED) is 0.922. The monoisotopic (exact) mass is 265 g/mol. The lowest BCUT2D eigenvalue weighted by Crippen LogP contribution is -2.26. The SMILES string of the molecule is Cc1ccccc1CCNC(=O)c1cncc(C#N)c1. The van der Waals surface area contributed by atoms with Crippen LogP contribution in [0.25, 0.3) is 0 Å². The van der Waals surface area contributed by atoms with E-state index in [4.69, 9.17) is 5.26 Å². The van der Waals surface area contributed by atoms with Crippen molar-refractivity contribution in [1.82, 2.24) is 10.3 Å². The van der Waals surface area contributed by atoms with Gasteiger partial charge in [0.25, 0.3) is 5.91 Å². The van der Waals surface area contributed by atoms with E-state index < -0.39 is 0 Å². The van der Waals surface area contributed by atoms with Crippen LogP contribution in [0.4, 0.5) is 0 Å². The molecule has 0 unspecified atom stereocenters. The summed E-state index contributed by atoms with van der Waals surface area (Å²) in [6.45, 7) is 2.61. The van der Waals surface area contributed by atoms with Gasteiger partial charge in [-0.1, -0.05) is 24.3 Å². The molecular formula is C16H15N3O. The molecule has 0 atom stereocenters. The third-order valence-corrected chi connectivity index (χ3v) is 3.07. The van der Waals surface area contributed by atoms with Crippen molar-refractivity contribution in [2.45, 2.75) is 13.3 Å². The number of pyridine rings is 1. The van der Waals surface area contributed by atoms with E-state index in [1.165, 1.54) is 29.6 Å². The normalized spacial score (nSPS) is 9.80. The topological polar surface area (TPSA) is 65.8 Å². The van der Waals surface area contributed by atoms with Crippen molar-refractivity contribution >= 4 is 5.91 Å². The zero-order chi connectivity index (χ0) is 14.4. The molecule has 0 saturated carbocycles. The van der Waals surface area contributed by atoms with Gasteiger partial charge < -0.3 is 5.32 Å². The molecule has 20 heavy (non-hydrogen) atoms. The number of nitriles is 1. The van der Waals surface area contributed by atoms with Crippen molar-refractivity contribution in [3.05, 3.63) is 65.0 Å². The van der Waals surface area contributed by atoms with Gasteiger partial charge in [0.05, 0.1) is 11.1 Å². The highest BCUT2D eigenvalue weighted by Crippen LogP contribution is 2.07. The van der Waals surface area contributed by atoms with E-state index in [0.29, 0.717) is 17.7 Å². The molecule has 0 bridgehead atoms. The Balaban J connectivity index is 1.93. The van der Waals surface area contributed by atoms with Crippen LogP contribution in [0.2, 0.25) is 0 Å². The molecule has 2 rings (SSSR count). The lowest BCUT2D eigenvalue weighted by Gasteiger charge is -2.07. The number of aryl methyl sites for hydroxylation is 1. The van der Waals surface area contributed by atoms with Crippen LogP contribution in [0.15, 0.2) is 42.7 Å². The molecular weight excluding hydrogens is 250 g/mol. The van der Waals surface area contributed by atoms with E-state index in [1.807, 2.05) is 18.2 Å². The largest absolute Gasteiger partial charge is 0.352 e. The summed E-state index contributed by atoms with van der Waals surface area (Å²) in [5, 5.41) is 11.6. The van der Waals surface area contributed by atoms with Gasteiger partial charge in [-0.05, 0) is 30.5 Å². The molecule has 1 aromatic carbocycles. The summed E-state index contributed by atoms with van der Waals surface area (Å²) in [7, 11) is 0. The van der Waals surface area contributed by atoms with Gasteiger partial charge in [0.1, 0.15) is 6.07 Å². The first-order chi connectivity index (χ1) is 9.70. The van der Waals surface area contributed by atoms with Crippen LogP contribution < -0.4 is 5.32 Å². The Kier molecular flexibility index (Phi) is 4.46. The first-order valence-electron chi connectivity index (χ1n) is 6.38. The minimum atomic E-state index is -0.205. The number of hydrogen-bond donors (Lipinski definition) is 1. The Morgan fingerprint density at radius 1 is 1.35 bits per heavy atom. The van der Waals surface area contributed by atoms with Crippen molar-refractivity contribution in [3.63, 3.8) is 0 Å². The molecule has 4 heteroatoms. The number of nitrogens with one attached hydrogen (secondary N) is 1. The Morgan fingerprint density at radius 2 is 2.15 bits per heavy atom. The highest BCUT2D eigenvalue weighted by atomic mass is 16.1. The average Bonchev–Trinajstić information content (AvgIpc) is 2.49. The number of nitrogens with zero attached hydrogens (tertiary/aromatic N) is 2. The van der Waals surface area contributed by atoms with Crippen LogP contribution in [-0.2, 0) is 6.42 Å². The van der Waals surface area contributed by atoms with Crippen LogP contribution in [-0.4, -0.2) is 17.4 Å². The second-order valence-electron chi connectivity index (χ2n) is 4.51. The lowest BCUT2D eigenvalue weighted by molar-refractivity contribution is 0.0953. The third kappa shape index (κ3) is 3.42. The second-order valence-corrected chi connectivity index (χ2v) is 4.51. The summed E-state index contributed by atoms with van der Waals surface area (Å²) in [5.41, 5.74) is 3.23. The maximum Gasteiger partial charge on any atom is 0.252 e. The van der Waals surface area contributed by atoms with Crippen molar-refractivity contribution < 1.29 is 4.79 Å². The first-order valence-corrected chi connectivity index (χ1v) is 6.38. The van der Waals surface area contributed by atoms with E-state index >= 15 is 0 Å². The number of amides is 1. The van der Waals surface area contributed by atoms with Gasteiger partial charge in [-0.25, -0.2) is 0 Å². The molecule has 100 valence electrons. The Hall–Kier alpha value is -2.67. The molecule has 0 saturated heterocycles. The summed E-state index contributed by atoms with van der Waals surface area (Å²) < 4.78 is 0. The molecule has 1 amide bonds. The molecule has 0 aliphatic heterocycles. The van der Waals surface area contributed by atoms with Gasteiger partial charge in [-0.3, -0.25) is 9.78 Å². The molecule has 0 fully saturated rings. The number of aromatic nitrogens is 1. The van der Waals surface area contributed by atoms with Gasteiger partial charge in [0, 0.05) is 18.9 Å². The van der Waals surface area contributed by atoms with Gasteiger partial charge in [0.2, 0.25) is 0 Å². The predicted molar refractivity (Wildman–Crippen MR) is 76.2 cm³/mol. The molecule has 0 radical (unpaired) electrons. The molecule has 0 aliphatic rings. The van der Waals surface area contributed by atoms with E-state index in [0.717, 1.165) is 6.42 Å². The molecule has 4 nitrogen and oxygen atoms in total. The molecule has 1 aromatic heterocycles. The first kappa shape index (κ1) is 13.8. The van der Waals surface area contributed by atoms with Crippen LogP contribution >= 0.6 is 0 Å². The van der Waals surface area contributed by atoms with Crippen molar-refractivity contribution in [1.29, 1.82) is 5.26 Å². The third-order valence-electron chi connectivity index (χ3n) is 3.07. The molecule has 1 N–H and O–H groups in total. The molecule has 2 aromatic rings. The smallest absolute Gasteiger partial charge is 0.252 e. The van der Waals surface area contributed by atoms with E-state index in [2.05, 4.69) is 29.4 Å². The number of hydrogen-bond acceptors (Lipinski definition) is 3. The van der Waals surface area contributed by atoms with Crippen LogP contribution in [0.3, 0.4) is 0 Å². The van der Waals surface area contributed by atoms with E-state index in [1.54, 1.807) is 0 Å².